The van der Waals surface area contributed by atoms with E-state index >= 15 is 0 Å². The molecule has 4 heteroatoms. The average molecular weight is 326 g/mol. The van der Waals surface area contributed by atoms with Crippen molar-refractivity contribution >= 4 is 21.8 Å². The van der Waals surface area contributed by atoms with Gasteiger partial charge in [0.25, 0.3) is 5.91 Å². The highest BCUT2D eigenvalue weighted by atomic mass is 79.9. The molecule has 19 heavy (non-hydrogen) atoms. The molecule has 1 unspecified atom stereocenters. The third-order valence-electron chi connectivity index (χ3n) is 3.58. The van der Waals surface area contributed by atoms with Gasteiger partial charge in [-0.3, -0.25) is 4.79 Å². The Kier molecular flexibility index (Phi) is 4.99. The molecule has 2 rings (SSSR count). The van der Waals surface area contributed by atoms with Crippen LogP contribution in [0.1, 0.15) is 29.3 Å². The summed E-state index contributed by atoms with van der Waals surface area (Å²) in [5.41, 5.74) is 1.85. The third kappa shape index (κ3) is 3.57. The minimum Gasteiger partial charge on any atom is -0.381 e. The number of aryl methyl sites for hydroxylation is 1. The minimum atomic E-state index is 0.116. The van der Waals surface area contributed by atoms with Gasteiger partial charge in [-0.05, 0) is 44.0 Å². The lowest BCUT2D eigenvalue weighted by molar-refractivity contribution is 0.0730. The van der Waals surface area contributed by atoms with Crippen LogP contribution in [-0.2, 0) is 4.74 Å². The first-order valence-corrected chi connectivity index (χ1v) is 7.54. The minimum absolute atomic E-state index is 0.116. The zero-order chi connectivity index (χ0) is 13.8. The maximum absolute atomic E-state index is 12.5. The number of rotatable bonds is 4. The molecule has 1 amide bonds. The molecular weight excluding hydrogens is 306 g/mol. The Labute approximate surface area is 123 Å². The third-order valence-corrected chi connectivity index (χ3v) is 4.47. The van der Waals surface area contributed by atoms with E-state index < -0.39 is 0 Å². The lowest BCUT2D eigenvalue weighted by Crippen LogP contribution is -2.35. The Bertz CT molecular complexity index is 455. The fourth-order valence-electron chi connectivity index (χ4n) is 2.35. The summed E-state index contributed by atoms with van der Waals surface area (Å²) >= 11 is 3.46. The largest absolute Gasteiger partial charge is 0.381 e. The molecule has 0 spiro atoms. The van der Waals surface area contributed by atoms with E-state index in [9.17, 15) is 4.79 Å². The van der Waals surface area contributed by atoms with Crippen molar-refractivity contribution < 1.29 is 9.53 Å². The Morgan fingerprint density at radius 2 is 2.32 bits per heavy atom. The number of amides is 1. The smallest absolute Gasteiger partial charge is 0.253 e. The summed E-state index contributed by atoms with van der Waals surface area (Å²) in [6.45, 7) is 7.17. The molecule has 1 aromatic carbocycles. The summed E-state index contributed by atoms with van der Waals surface area (Å²) in [7, 11) is 0. The fourth-order valence-corrected chi connectivity index (χ4v) is 2.60. The van der Waals surface area contributed by atoms with Crippen molar-refractivity contribution in [2.75, 3.05) is 26.3 Å². The first kappa shape index (κ1) is 14.5. The van der Waals surface area contributed by atoms with Crippen LogP contribution < -0.4 is 0 Å². The SMILES string of the molecule is CCN(CC1CCOC1)C(=O)c1ccc(Br)c(C)c1. The fraction of sp³-hybridized carbons (Fsp3) is 0.533. The van der Waals surface area contributed by atoms with Gasteiger partial charge < -0.3 is 9.64 Å². The van der Waals surface area contributed by atoms with Crippen molar-refractivity contribution in [2.24, 2.45) is 5.92 Å². The van der Waals surface area contributed by atoms with Gasteiger partial charge in [0.1, 0.15) is 0 Å². The summed E-state index contributed by atoms with van der Waals surface area (Å²) in [6.07, 6.45) is 1.06. The van der Waals surface area contributed by atoms with Gasteiger partial charge in [0, 0.05) is 35.7 Å². The van der Waals surface area contributed by atoms with E-state index in [1.165, 1.54) is 0 Å². The Morgan fingerprint density at radius 3 is 2.89 bits per heavy atom. The molecule has 1 aliphatic rings. The van der Waals surface area contributed by atoms with E-state index in [2.05, 4.69) is 15.9 Å². The van der Waals surface area contributed by atoms with Crippen LogP contribution >= 0.6 is 15.9 Å². The number of nitrogens with zero attached hydrogens (tertiary/aromatic N) is 1. The molecule has 1 heterocycles. The number of hydrogen-bond acceptors (Lipinski definition) is 2. The summed E-state index contributed by atoms with van der Waals surface area (Å²) in [5.74, 6) is 0.602. The lowest BCUT2D eigenvalue weighted by atomic mass is 10.1. The van der Waals surface area contributed by atoms with Crippen molar-refractivity contribution in [3.63, 3.8) is 0 Å². The van der Waals surface area contributed by atoms with Gasteiger partial charge in [0.15, 0.2) is 0 Å². The molecule has 1 aliphatic heterocycles. The maximum atomic E-state index is 12.5. The molecular formula is C15H20BrNO2. The number of halogens is 1. The van der Waals surface area contributed by atoms with Crippen LogP contribution in [0.4, 0.5) is 0 Å². The molecule has 0 bridgehead atoms. The predicted molar refractivity (Wildman–Crippen MR) is 79.4 cm³/mol. The standard InChI is InChI=1S/C15H20BrNO2/c1-3-17(9-12-6-7-19-10-12)15(18)13-4-5-14(16)11(2)8-13/h4-5,8,12H,3,6-7,9-10H2,1-2H3. The summed E-state index contributed by atoms with van der Waals surface area (Å²) in [6, 6.07) is 5.77. The molecule has 0 saturated carbocycles. The number of hydrogen-bond donors (Lipinski definition) is 0. The van der Waals surface area contributed by atoms with Crippen LogP contribution in [0.5, 0.6) is 0 Å². The van der Waals surface area contributed by atoms with E-state index in [1.54, 1.807) is 0 Å². The number of ether oxygens (including phenoxy) is 1. The van der Waals surface area contributed by atoms with Crippen molar-refractivity contribution in [1.29, 1.82) is 0 Å². The lowest BCUT2D eigenvalue weighted by Gasteiger charge is -2.24. The second kappa shape index (κ2) is 6.53. The molecule has 0 aliphatic carbocycles. The summed E-state index contributed by atoms with van der Waals surface area (Å²) in [4.78, 5) is 14.4. The first-order chi connectivity index (χ1) is 9.11. The van der Waals surface area contributed by atoms with E-state index in [4.69, 9.17) is 4.74 Å². The molecule has 1 atom stereocenters. The van der Waals surface area contributed by atoms with Crippen molar-refractivity contribution in [1.82, 2.24) is 4.90 Å². The van der Waals surface area contributed by atoms with Crippen LogP contribution in [0.15, 0.2) is 22.7 Å². The van der Waals surface area contributed by atoms with Gasteiger partial charge in [-0.2, -0.15) is 0 Å². The quantitative estimate of drug-likeness (QED) is 0.850. The van der Waals surface area contributed by atoms with Crippen LogP contribution in [0.25, 0.3) is 0 Å². The van der Waals surface area contributed by atoms with E-state index in [0.717, 1.165) is 48.3 Å². The summed E-state index contributed by atoms with van der Waals surface area (Å²) in [5, 5.41) is 0. The molecule has 1 saturated heterocycles. The van der Waals surface area contributed by atoms with Crippen LogP contribution in [0.2, 0.25) is 0 Å². The molecule has 0 aromatic heterocycles. The van der Waals surface area contributed by atoms with E-state index in [1.807, 2.05) is 36.9 Å². The number of carbonyl (C=O) groups excluding carboxylic acids is 1. The Hall–Kier alpha value is -0.870. The Balaban J connectivity index is 2.08. The highest BCUT2D eigenvalue weighted by Gasteiger charge is 2.22. The van der Waals surface area contributed by atoms with Gasteiger partial charge in [-0.25, -0.2) is 0 Å². The molecule has 1 aromatic rings. The molecule has 0 radical (unpaired) electrons. The second-order valence-corrected chi connectivity index (χ2v) is 5.89. The highest BCUT2D eigenvalue weighted by Crippen LogP contribution is 2.20. The molecule has 1 fully saturated rings. The van der Waals surface area contributed by atoms with Crippen LogP contribution in [0, 0.1) is 12.8 Å². The normalized spacial score (nSPS) is 18.6. The topological polar surface area (TPSA) is 29.5 Å². The Morgan fingerprint density at radius 1 is 1.53 bits per heavy atom. The van der Waals surface area contributed by atoms with Crippen molar-refractivity contribution in [3.8, 4) is 0 Å². The highest BCUT2D eigenvalue weighted by molar-refractivity contribution is 9.10. The second-order valence-electron chi connectivity index (χ2n) is 5.04. The van der Waals surface area contributed by atoms with Gasteiger partial charge in [0.2, 0.25) is 0 Å². The van der Waals surface area contributed by atoms with Gasteiger partial charge in [-0.1, -0.05) is 15.9 Å². The van der Waals surface area contributed by atoms with E-state index in [-0.39, 0.29) is 5.91 Å². The predicted octanol–water partition coefficient (Wildman–Crippen LogP) is 3.26. The summed E-state index contributed by atoms with van der Waals surface area (Å²) < 4.78 is 6.42. The number of carbonyl (C=O) groups is 1. The van der Waals surface area contributed by atoms with Crippen LogP contribution in [-0.4, -0.2) is 37.1 Å². The molecule has 0 N–H and O–H groups in total. The van der Waals surface area contributed by atoms with Gasteiger partial charge >= 0.3 is 0 Å². The van der Waals surface area contributed by atoms with Crippen LogP contribution in [0.3, 0.4) is 0 Å². The van der Waals surface area contributed by atoms with E-state index in [0.29, 0.717) is 5.92 Å². The number of benzene rings is 1. The zero-order valence-corrected chi connectivity index (χ0v) is 13.1. The van der Waals surface area contributed by atoms with Crippen molar-refractivity contribution in [3.05, 3.63) is 33.8 Å². The molecule has 104 valence electrons. The van der Waals surface area contributed by atoms with Crippen molar-refractivity contribution in [2.45, 2.75) is 20.3 Å². The van der Waals surface area contributed by atoms with Gasteiger partial charge in [-0.15, -0.1) is 0 Å². The monoisotopic (exact) mass is 325 g/mol. The zero-order valence-electron chi connectivity index (χ0n) is 11.5. The first-order valence-electron chi connectivity index (χ1n) is 6.75. The maximum Gasteiger partial charge on any atom is 0.253 e. The average Bonchev–Trinajstić information content (AvgIpc) is 2.91. The van der Waals surface area contributed by atoms with Gasteiger partial charge in [0.05, 0.1) is 6.61 Å². The molecule has 3 nitrogen and oxygen atoms in total.